The van der Waals surface area contributed by atoms with Crippen molar-refractivity contribution < 1.29 is 64.6 Å². The van der Waals surface area contributed by atoms with Crippen LogP contribution in [-0.4, -0.2) is 140 Å². The van der Waals surface area contributed by atoms with Gasteiger partial charge in [0.15, 0.2) is 12.6 Å². The number of ether oxygens (including phenoxy) is 4. The lowest BCUT2D eigenvalue weighted by molar-refractivity contribution is -0.359. The number of hydrogen-bond donors (Lipinski definition) is 9. The van der Waals surface area contributed by atoms with E-state index in [-0.39, 0.29) is 18.9 Å². The third kappa shape index (κ3) is 46.6. The van der Waals surface area contributed by atoms with Gasteiger partial charge in [0.05, 0.1) is 32.0 Å². The van der Waals surface area contributed by atoms with Crippen molar-refractivity contribution in [3.63, 3.8) is 0 Å². The zero-order valence-corrected chi connectivity index (χ0v) is 59.3. The van der Waals surface area contributed by atoms with E-state index >= 15 is 0 Å². The largest absolute Gasteiger partial charge is 0.394 e. The molecule has 96 heavy (non-hydrogen) atoms. The summed E-state index contributed by atoms with van der Waals surface area (Å²) < 4.78 is 22.8. The summed E-state index contributed by atoms with van der Waals surface area (Å²) in [6.45, 7) is 2.65. The van der Waals surface area contributed by atoms with Gasteiger partial charge in [-0.05, 0) is 122 Å². The molecule has 0 spiro atoms. The van der Waals surface area contributed by atoms with Gasteiger partial charge in [-0.1, -0.05) is 287 Å². The molecular formula is C82H133NO13. The summed E-state index contributed by atoms with van der Waals surface area (Å²) in [5.74, 6) is -0.279. The Bertz CT molecular complexity index is 2270. The summed E-state index contributed by atoms with van der Waals surface area (Å²) in [4.78, 5) is 13.3. The molecule has 2 heterocycles. The van der Waals surface area contributed by atoms with E-state index in [2.05, 4.69) is 177 Å². The zero-order chi connectivity index (χ0) is 69.4. The molecule has 2 aliphatic heterocycles. The molecule has 12 atom stereocenters. The normalized spacial score (nSPS) is 23.3. The first kappa shape index (κ1) is 87.4. The summed E-state index contributed by atoms with van der Waals surface area (Å²) >= 11 is 0. The molecule has 2 saturated heterocycles. The van der Waals surface area contributed by atoms with Gasteiger partial charge in [-0.2, -0.15) is 0 Å². The van der Waals surface area contributed by atoms with Crippen molar-refractivity contribution in [3.8, 4) is 0 Å². The monoisotopic (exact) mass is 1340 g/mol. The first-order valence-corrected chi connectivity index (χ1v) is 37.4. The van der Waals surface area contributed by atoms with E-state index in [0.717, 1.165) is 116 Å². The lowest BCUT2D eigenvalue weighted by Gasteiger charge is -2.46. The summed E-state index contributed by atoms with van der Waals surface area (Å²) in [6, 6.07) is -0.959. The molecule has 1 amide bonds. The average molecular weight is 1340 g/mol. The fraction of sp³-hybridized carbons (Fsp3) is 0.646. The number of nitrogens with one attached hydrogen (secondary N) is 1. The van der Waals surface area contributed by atoms with Crippen LogP contribution in [0.25, 0.3) is 0 Å². The zero-order valence-electron chi connectivity index (χ0n) is 59.3. The van der Waals surface area contributed by atoms with E-state index in [0.29, 0.717) is 12.8 Å². The van der Waals surface area contributed by atoms with E-state index < -0.39 is 86.8 Å². The number of carbonyl (C=O) groups is 1. The number of amides is 1. The van der Waals surface area contributed by atoms with Crippen LogP contribution in [0.3, 0.4) is 0 Å². The fourth-order valence-electron chi connectivity index (χ4n) is 11.0. The molecule has 12 unspecified atom stereocenters. The molecule has 2 aliphatic rings. The van der Waals surface area contributed by atoms with Crippen LogP contribution in [0.5, 0.6) is 0 Å². The minimum Gasteiger partial charge on any atom is -0.394 e. The summed E-state index contributed by atoms with van der Waals surface area (Å²) in [6.07, 6.45) is 82.7. The number of allylic oxidation sites excluding steroid dienone is 27. The molecule has 0 aromatic rings. The number of hydrogen-bond acceptors (Lipinski definition) is 13. The molecule has 0 aromatic heterocycles. The van der Waals surface area contributed by atoms with Gasteiger partial charge in [-0.3, -0.25) is 4.79 Å². The van der Waals surface area contributed by atoms with Gasteiger partial charge >= 0.3 is 0 Å². The number of carbonyl (C=O) groups excluding carboxylic acids is 1. The molecule has 0 saturated carbocycles. The van der Waals surface area contributed by atoms with Crippen LogP contribution in [0.2, 0.25) is 0 Å². The van der Waals surface area contributed by atoms with Gasteiger partial charge in [0.2, 0.25) is 5.91 Å². The Hall–Kier alpha value is -4.65. The Labute approximate surface area is 581 Å². The molecule has 544 valence electrons. The van der Waals surface area contributed by atoms with Crippen molar-refractivity contribution >= 4 is 5.91 Å². The van der Waals surface area contributed by atoms with Gasteiger partial charge in [0.25, 0.3) is 0 Å². The van der Waals surface area contributed by atoms with Crippen molar-refractivity contribution in [2.45, 2.75) is 319 Å². The maximum atomic E-state index is 13.3. The highest BCUT2D eigenvalue weighted by Gasteiger charge is 2.51. The van der Waals surface area contributed by atoms with Gasteiger partial charge in [-0.15, -0.1) is 0 Å². The SMILES string of the molecule is CC/C=C\C/C=C\C/C=C\C/C=C\C/C=C\C/C=C\C/C=C\C/C=C\C/C=C\C/C=C\C/C=C\C/C=C\CCCCCCC(=O)NC(COC1OC(CO)C(OC2OC(CO)C(O)C(O)C2O)C(O)C1O)C(O)/C=C/CC/C=C/CCCCCCCCCCCCCCCCC. The molecule has 14 nitrogen and oxygen atoms in total. The molecule has 0 aliphatic carbocycles. The van der Waals surface area contributed by atoms with Crippen LogP contribution in [-0.2, 0) is 23.7 Å². The fourth-order valence-corrected chi connectivity index (χ4v) is 11.0. The Morgan fingerprint density at radius 1 is 0.385 bits per heavy atom. The molecule has 2 fully saturated rings. The lowest BCUT2D eigenvalue weighted by atomic mass is 9.97. The van der Waals surface area contributed by atoms with Crippen molar-refractivity contribution in [2.75, 3.05) is 19.8 Å². The molecule has 0 aromatic carbocycles. The molecule has 0 radical (unpaired) electrons. The number of rotatable bonds is 59. The number of aliphatic hydroxyl groups excluding tert-OH is 8. The summed E-state index contributed by atoms with van der Waals surface area (Å²) in [5.41, 5.74) is 0. The third-order valence-electron chi connectivity index (χ3n) is 16.9. The Balaban J connectivity index is 1.68. The second kappa shape index (κ2) is 63.8. The van der Waals surface area contributed by atoms with E-state index in [1.54, 1.807) is 6.08 Å². The highest BCUT2D eigenvalue weighted by atomic mass is 16.7. The Morgan fingerprint density at radius 3 is 1.15 bits per heavy atom. The van der Waals surface area contributed by atoms with E-state index in [9.17, 15) is 45.6 Å². The second-order valence-corrected chi connectivity index (χ2v) is 25.3. The van der Waals surface area contributed by atoms with E-state index in [1.165, 1.54) is 96.3 Å². The summed E-state index contributed by atoms with van der Waals surface area (Å²) in [7, 11) is 0. The van der Waals surface area contributed by atoms with Gasteiger partial charge in [0.1, 0.15) is 48.8 Å². The van der Waals surface area contributed by atoms with Crippen molar-refractivity contribution in [1.82, 2.24) is 5.32 Å². The highest BCUT2D eigenvalue weighted by Crippen LogP contribution is 2.30. The van der Waals surface area contributed by atoms with Crippen molar-refractivity contribution in [2.24, 2.45) is 0 Å². The van der Waals surface area contributed by atoms with Crippen LogP contribution in [0, 0.1) is 0 Å². The van der Waals surface area contributed by atoms with Crippen LogP contribution in [0.15, 0.2) is 170 Å². The molecule has 2 rings (SSSR count). The van der Waals surface area contributed by atoms with E-state index in [1.807, 2.05) is 6.08 Å². The van der Waals surface area contributed by atoms with Gasteiger partial charge in [-0.25, -0.2) is 0 Å². The predicted molar refractivity (Wildman–Crippen MR) is 396 cm³/mol. The van der Waals surface area contributed by atoms with Crippen LogP contribution < -0.4 is 5.32 Å². The first-order valence-electron chi connectivity index (χ1n) is 37.4. The minimum atomic E-state index is -1.80. The molecule has 9 N–H and O–H groups in total. The smallest absolute Gasteiger partial charge is 0.220 e. The quantitative estimate of drug-likeness (QED) is 0.0204. The Kier molecular flexibility index (Phi) is 58.1. The first-order chi connectivity index (χ1) is 47.1. The van der Waals surface area contributed by atoms with E-state index in [4.69, 9.17) is 18.9 Å². The third-order valence-corrected chi connectivity index (χ3v) is 16.9. The highest BCUT2D eigenvalue weighted by molar-refractivity contribution is 5.76. The number of unbranched alkanes of at least 4 members (excludes halogenated alkanes) is 20. The predicted octanol–water partition coefficient (Wildman–Crippen LogP) is 16.3. The maximum Gasteiger partial charge on any atom is 0.220 e. The van der Waals surface area contributed by atoms with Crippen LogP contribution in [0.4, 0.5) is 0 Å². The summed E-state index contributed by atoms with van der Waals surface area (Å²) in [5, 5.41) is 87.4. The van der Waals surface area contributed by atoms with Crippen LogP contribution >= 0.6 is 0 Å². The Morgan fingerprint density at radius 2 is 0.729 bits per heavy atom. The molecule has 14 heteroatoms. The lowest BCUT2D eigenvalue weighted by Crippen LogP contribution is -2.65. The molecular weight excluding hydrogens is 1210 g/mol. The van der Waals surface area contributed by atoms with Gasteiger partial charge < -0.3 is 65.1 Å². The average Bonchev–Trinajstić information content (AvgIpc) is 0.807. The second-order valence-electron chi connectivity index (χ2n) is 25.3. The maximum absolute atomic E-state index is 13.3. The van der Waals surface area contributed by atoms with Crippen molar-refractivity contribution in [3.05, 3.63) is 170 Å². The van der Waals surface area contributed by atoms with Crippen molar-refractivity contribution in [1.29, 1.82) is 0 Å². The number of aliphatic hydroxyl groups is 8. The van der Waals surface area contributed by atoms with Crippen LogP contribution in [0.1, 0.15) is 245 Å². The van der Waals surface area contributed by atoms with Gasteiger partial charge in [0, 0.05) is 6.42 Å². The topological polar surface area (TPSA) is 228 Å². The minimum absolute atomic E-state index is 0.233. The molecule has 0 bridgehead atoms. The standard InChI is InChI=1S/C82H133NO13/c1-3-5-7-9-11-13-15-17-19-21-23-25-26-27-28-29-30-31-32-33-34-35-36-37-38-39-40-41-42-43-44-46-48-50-52-54-56-58-60-62-64-66-74(87)83-70(71(86)65-63-61-59-57-55-53-51-49-47-45-24-22-20-18-16-14-12-10-8-6-4-2)69-93-81-79(92)77(90)80(73(68-85)95-81)96-82-78(91)76(89)75(88)72(67-84)94-82/h5,7,11,13,17,19,23,25,27-28,30-31,33-34,36-37,39-40,42-43,46,48,52,54-55,57,63,65,70-73,75-82,84-86,88-92H,3-4,6,8-10,12,14-16,18,20-22,24,26,29,32,35,38,41,44-45,47,49-51,53,56,58-62,64,66-69H2,1-2H3,(H,83,87)/b7-5-,13-11-,19-17-,25-23-,28-27-,31-30-,34-33-,37-36-,40-39-,43-42-,48-46-,54-52-,57-55+,65-63+.